The highest BCUT2D eigenvalue weighted by Gasteiger charge is 2.28. The maximum absolute atomic E-state index is 12.7. The number of hydrogen-bond acceptors (Lipinski definition) is 6. The Morgan fingerprint density at radius 1 is 1.30 bits per heavy atom. The van der Waals surface area contributed by atoms with Crippen LogP contribution in [0.4, 0.5) is 13.2 Å². The third-order valence-corrected chi connectivity index (χ3v) is 5.33. The maximum Gasteiger partial charge on any atom is 0.411 e. The lowest BCUT2D eigenvalue weighted by Crippen LogP contribution is -2.43. The summed E-state index contributed by atoms with van der Waals surface area (Å²) in [6.07, 6.45) is -3.20. The van der Waals surface area contributed by atoms with Crippen molar-refractivity contribution in [3.63, 3.8) is 0 Å². The number of benzene rings is 1. The van der Waals surface area contributed by atoms with E-state index >= 15 is 0 Å². The van der Waals surface area contributed by atoms with Gasteiger partial charge in [-0.1, -0.05) is 6.07 Å². The first-order chi connectivity index (χ1) is 15.8. The number of rotatable bonds is 8. The van der Waals surface area contributed by atoms with Crippen molar-refractivity contribution >= 4 is 5.91 Å². The van der Waals surface area contributed by atoms with Crippen LogP contribution in [0.5, 0.6) is 11.6 Å². The topological polar surface area (TPSA) is 83.8 Å². The second-order valence-corrected chi connectivity index (χ2v) is 8.01. The molecule has 0 radical (unpaired) electrons. The summed E-state index contributed by atoms with van der Waals surface area (Å²) >= 11 is 0. The van der Waals surface area contributed by atoms with Gasteiger partial charge in [0.15, 0.2) is 5.69 Å². The van der Waals surface area contributed by atoms with Crippen molar-refractivity contribution in [3.05, 3.63) is 41.1 Å². The molecule has 2 unspecified atom stereocenters. The Morgan fingerprint density at radius 3 is 2.94 bits per heavy atom. The molecule has 2 atom stereocenters. The van der Waals surface area contributed by atoms with Crippen LogP contribution in [0, 0.1) is 0 Å². The zero-order chi connectivity index (χ0) is 23.4. The van der Waals surface area contributed by atoms with Crippen molar-refractivity contribution in [3.8, 4) is 11.6 Å². The summed E-state index contributed by atoms with van der Waals surface area (Å²) < 4.78 is 60.2. The van der Waals surface area contributed by atoms with Crippen LogP contribution < -0.4 is 14.8 Å². The number of hydrogen-bond donors (Lipinski definition) is 1. The van der Waals surface area contributed by atoms with Gasteiger partial charge in [0.2, 0.25) is 5.88 Å². The monoisotopic (exact) mass is 469 g/mol. The van der Waals surface area contributed by atoms with Gasteiger partial charge in [-0.25, -0.2) is 4.68 Å². The van der Waals surface area contributed by atoms with Gasteiger partial charge in [0.1, 0.15) is 25.1 Å². The Hall–Kier alpha value is -2.79. The van der Waals surface area contributed by atoms with Crippen LogP contribution in [0.15, 0.2) is 24.3 Å². The average Bonchev–Trinajstić information content (AvgIpc) is 3.20. The van der Waals surface area contributed by atoms with Gasteiger partial charge in [0, 0.05) is 25.6 Å². The van der Waals surface area contributed by atoms with Crippen LogP contribution in [-0.2, 0) is 29.0 Å². The molecule has 0 fully saturated rings. The molecule has 3 heterocycles. The highest BCUT2D eigenvalue weighted by Crippen LogP contribution is 2.27. The molecule has 0 aliphatic carbocycles. The molecule has 2 aromatic rings. The number of fused-ring (bicyclic) bond motifs is 2. The first kappa shape index (κ1) is 23.4. The van der Waals surface area contributed by atoms with Crippen LogP contribution in [0.25, 0.3) is 0 Å². The SMILES string of the molecule is CCOCC1CCn2nc(C(=O)NC3COc4ccc(COCC(F)(F)F)cc4C3)cc2O1. The van der Waals surface area contributed by atoms with E-state index in [0.29, 0.717) is 43.4 Å². The number of aryl methyl sites for hydroxylation is 1. The average molecular weight is 469 g/mol. The summed E-state index contributed by atoms with van der Waals surface area (Å²) in [5.41, 5.74) is 1.65. The zero-order valence-corrected chi connectivity index (χ0v) is 18.2. The highest BCUT2D eigenvalue weighted by atomic mass is 19.4. The molecule has 0 spiro atoms. The molecule has 4 rings (SSSR count). The van der Waals surface area contributed by atoms with Crippen molar-refractivity contribution in [2.24, 2.45) is 0 Å². The second kappa shape index (κ2) is 10.0. The van der Waals surface area contributed by atoms with E-state index in [2.05, 4.69) is 10.4 Å². The Labute approximate surface area is 188 Å². The fraction of sp³-hybridized carbons (Fsp3) is 0.545. The molecule has 1 amide bonds. The zero-order valence-electron chi connectivity index (χ0n) is 18.2. The number of carbonyl (C=O) groups is 1. The molecular formula is C22H26F3N3O5. The first-order valence-corrected chi connectivity index (χ1v) is 10.8. The quantitative estimate of drug-likeness (QED) is 0.640. The number of ether oxygens (including phenoxy) is 4. The lowest BCUT2D eigenvalue weighted by atomic mass is 10.0. The molecule has 1 aromatic carbocycles. The van der Waals surface area contributed by atoms with Gasteiger partial charge < -0.3 is 24.3 Å². The minimum atomic E-state index is -4.37. The van der Waals surface area contributed by atoms with E-state index in [0.717, 1.165) is 12.0 Å². The smallest absolute Gasteiger partial charge is 0.411 e. The van der Waals surface area contributed by atoms with Gasteiger partial charge in [-0.05, 0) is 36.6 Å². The molecule has 1 aromatic heterocycles. The lowest BCUT2D eigenvalue weighted by Gasteiger charge is -2.26. The molecule has 2 aliphatic rings. The van der Waals surface area contributed by atoms with Crippen LogP contribution in [0.3, 0.4) is 0 Å². The number of nitrogens with zero attached hydrogens (tertiary/aromatic N) is 2. The molecule has 0 saturated carbocycles. The van der Waals surface area contributed by atoms with Crippen LogP contribution >= 0.6 is 0 Å². The molecule has 8 nitrogen and oxygen atoms in total. The van der Waals surface area contributed by atoms with Crippen LogP contribution in [-0.4, -0.2) is 60.4 Å². The summed E-state index contributed by atoms with van der Waals surface area (Å²) in [5, 5.41) is 7.25. The van der Waals surface area contributed by atoms with Crippen molar-refractivity contribution < 1.29 is 36.9 Å². The number of alkyl halides is 3. The first-order valence-electron chi connectivity index (χ1n) is 10.8. The van der Waals surface area contributed by atoms with E-state index in [-0.39, 0.29) is 37.0 Å². The summed E-state index contributed by atoms with van der Waals surface area (Å²) in [4.78, 5) is 12.7. The van der Waals surface area contributed by atoms with Crippen LogP contribution in [0.2, 0.25) is 0 Å². The van der Waals surface area contributed by atoms with E-state index in [9.17, 15) is 18.0 Å². The Balaban J connectivity index is 1.33. The van der Waals surface area contributed by atoms with Crippen molar-refractivity contribution in [2.75, 3.05) is 26.4 Å². The molecular weight excluding hydrogens is 443 g/mol. The summed E-state index contributed by atoms with van der Waals surface area (Å²) in [7, 11) is 0. The number of aromatic nitrogens is 2. The Bertz CT molecular complexity index is 979. The number of halogens is 3. The predicted molar refractivity (Wildman–Crippen MR) is 110 cm³/mol. The second-order valence-electron chi connectivity index (χ2n) is 8.01. The van der Waals surface area contributed by atoms with Crippen molar-refractivity contribution in [1.29, 1.82) is 0 Å². The molecule has 11 heteroatoms. The highest BCUT2D eigenvalue weighted by molar-refractivity contribution is 5.92. The van der Waals surface area contributed by atoms with Crippen molar-refractivity contribution in [1.82, 2.24) is 15.1 Å². The number of carbonyl (C=O) groups excluding carboxylic acids is 1. The number of amides is 1. The largest absolute Gasteiger partial charge is 0.491 e. The fourth-order valence-electron chi connectivity index (χ4n) is 3.80. The number of nitrogens with one attached hydrogen (secondary N) is 1. The van der Waals surface area contributed by atoms with E-state index in [1.165, 1.54) is 0 Å². The minimum Gasteiger partial charge on any atom is -0.491 e. The Kier molecular flexibility index (Phi) is 7.08. The van der Waals surface area contributed by atoms with Crippen molar-refractivity contribution in [2.45, 2.75) is 51.2 Å². The summed E-state index contributed by atoms with van der Waals surface area (Å²) in [6, 6.07) is 6.43. The van der Waals surface area contributed by atoms with Gasteiger partial charge in [0.05, 0.1) is 19.3 Å². The van der Waals surface area contributed by atoms with E-state index in [1.807, 2.05) is 6.92 Å². The lowest BCUT2D eigenvalue weighted by molar-refractivity contribution is -0.176. The third kappa shape index (κ3) is 6.17. The predicted octanol–water partition coefficient (Wildman–Crippen LogP) is 2.88. The standard InChI is InChI=1S/C22H26F3N3O5/c1-2-30-12-17-5-6-28-20(33-17)9-18(27-28)21(29)26-16-8-15-7-14(3-4-19(15)32-11-16)10-31-13-22(23,24)25/h3-4,7,9,16-17H,2,5-6,8,10-13H2,1H3,(H,26,29). The summed E-state index contributed by atoms with van der Waals surface area (Å²) in [6.45, 7) is 2.49. The van der Waals surface area contributed by atoms with Gasteiger partial charge in [-0.15, -0.1) is 0 Å². The summed E-state index contributed by atoms with van der Waals surface area (Å²) in [5.74, 6) is 0.833. The normalized spacial score (nSPS) is 19.8. The molecule has 0 saturated heterocycles. The van der Waals surface area contributed by atoms with Gasteiger partial charge in [-0.3, -0.25) is 4.79 Å². The van der Waals surface area contributed by atoms with E-state index < -0.39 is 12.8 Å². The minimum absolute atomic E-state index is 0.0670. The fourth-order valence-corrected chi connectivity index (χ4v) is 3.80. The molecule has 1 N–H and O–H groups in total. The van der Waals surface area contributed by atoms with Gasteiger partial charge in [0.25, 0.3) is 5.91 Å². The third-order valence-electron chi connectivity index (χ3n) is 5.33. The molecule has 33 heavy (non-hydrogen) atoms. The molecule has 180 valence electrons. The van der Waals surface area contributed by atoms with E-state index in [4.69, 9.17) is 18.9 Å². The molecule has 0 bridgehead atoms. The maximum atomic E-state index is 12.7. The van der Waals surface area contributed by atoms with E-state index in [1.54, 1.807) is 28.9 Å². The Morgan fingerprint density at radius 2 is 2.15 bits per heavy atom. The molecule has 2 aliphatic heterocycles. The van der Waals surface area contributed by atoms with Gasteiger partial charge in [-0.2, -0.15) is 18.3 Å². The van der Waals surface area contributed by atoms with Gasteiger partial charge >= 0.3 is 6.18 Å². The van der Waals surface area contributed by atoms with Crippen LogP contribution in [0.1, 0.15) is 35.0 Å².